The van der Waals surface area contributed by atoms with Crippen LogP contribution in [-0.2, 0) is 10.0 Å². The number of rotatable bonds is 6. The summed E-state index contributed by atoms with van der Waals surface area (Å²) in [5, 5.41) is 3.40. The largest absolute Gasteiger partial charge is 0.495 e. The van der Waals surface area contributed by atoms with E-state index in [0.717, 1.165) is 5.69 Å². The Bertz CT molecular complexity index is 1240. The molecule has 1 N–H and O–H groups in total. The maximum Gasteiger partial charge on any atom is 0.255 e. The molecule has 0 aliphatic carbocycles. The Morgan fingerprint density at radius 2 is 1.67 bits per heavy atom. The Morgan fingerprint density at radius 3 is 2.33 bits per heavy atom. The average molecular weight is 486 g/mol. The molecule has 1 heterocycles. The molecular formula is C24H24ClN3O4S. The zero-order valence-corrected chi connectivity index (χ0v) is 19.6. The molecular weight excluding hydrogens is 462 g/mol. The molecule has 172 valence electrons. The fourth-order valence-corrected chi connectivity index (χ4v) is 5.37. The van der Waals surface area contributed by atoms with Gasteiger partial charge < -0.3 is 15.0 Å². The number of nitrogens with one attached hydrogen (secondary N) is 1. The van der Waals surface area contributed by atoms with Gasteiger partial charge in [-0.3, -0.25) is 4.79 Å². The first-order valence-corrected chi connectivity index (χ1v) is 12.3. The average Bonchev–Trinajstić information content (AvgIpc) is 2.84. The summed E-state index contributed by atoms with van der Waals surface area (Å²) >= 11 is 6.09. The van der Waals surface area contributed by atoms with Gasteiger partial charge >= 0.3 is 0 Å². The Balaban J connectivity index is 1.52. The molecule has 3 aromatic rings. The topological polar surface area (TPSA) is 79.0 Å². The Hall–Kier alpha value is -3.07. The van der Waals surface area contributed by atoms with Crippen molar-refractivity contribution in [3.05, 3.63) is 83.4 Å². The van der Waals surface area contributed by atoms with Crippen molar-refractivity contribution in [2.24, 2.45) is 0 Å². The van der Waals surface area contributed by atoms with Crippen LogP contribution in [0.3, 0.4) is 0 Å². The third kappa shape index (κ3) is 5.13. The first kappa shape index (κ1) is 23.1. The van der Waals surface area contributed by atoms with Gasteiger partial charge in [-0.15, -0.1) is 0 Å². The molecule has 0 saturated carbocycles. The third-order valence-electron chi connectivity index (χ3n) is 5.50. The highest BCUT2D eigenvalue weighted by Crippen LogP contribution is 2.30. The molecule has 9 heteroatoms. The van der Waals surface area contributed by atoms with Crippen LogP contribution < -0.4 is 15.0 Å². The molecule has 0 unspecified atom stereocenters. The summed E-state index contributed by atoms with van der Waals surface area (Å²) in [6, 6.07) is 20.7. The summed E-state index contributed by atoms with van der Waals surface area (Å²) in [6.07, 6.45) is 0. The smallest absolute Gasteiger partial charge is 0.255 e. The van der Waals surface area contributed by atoms with Crippen molar-refractivity contribution < 1.29 is 17.9 Å². The molecule has 0 spiro atoms. The van der Waals surface area contributed by atoms with E-state index in [1.165, 1.54) is 23.5 Å². The van der Waals surface area contributed by atoms with Crippen molar-refractivity contribution in [2.45, 2.75) is 4.90 Å². The van der Waals surface area contributed by atoms with Crippen molar-refractivity contribution in [3.8, 4) is 5.75 Å². The molecule has 1 amide bonds. The van der Waals surface area contributed by atoms with Gasteiger partial charge in [0.25, 0.3) is 5.91 Å². The predicted molar refractivity (Wildman–Crippen MR) is 130 cm³/mol. The van der Waals surface area contributed by atoms with Crippen LogP contribution in [-0.4, -0.2) is 51.9 Å². The zero-order chi connectivity index (χ0) is 23.4. The molecule has 0 aromatic heterocycles. The number of piperazine rings is 1. The number of anilines is 2. The van der Waals surface area contributed by atoms with Gasteiger partial charge in [0.05, 0.1) is 17.7 Å². The van der Waals surface area contributed by atoms with Gasteiger partial charge in [0, 0.05) is 42.5 Å². The van der Waals surface area contributed by atoms with E-state index in [1.54, 1.807) is 30.3 Å². The van der Waals surface area contributed by atoms with Crippen LogP contribution in [0.1, 0.15) is 10.4 Å². The predicted octanol–water partition coefficient (Wildman–Crippen LogP) is 4.11. The van der Waals surface area contributed by atoms with Gasteiger partial charge in [-0.25, -0.2) is 8.42 Å². The first-order chi connectivity index (χ1) is 15.9. The minimum Gasteiger partial charge on any atom is -0.495 e. The Labute approximate surface area is 198 Å². The lowest BCUT2D eigenvalue weighted by molar-refractivity contribution is 0.102. The standard InChI is InChI=1S/C24H24ClN3O4S/c1-32-23-11-10-21(17-22(23)26-24(29)18-6-3-2-4-7-18)33(30,31)28-14-12-27(13-15-28)20-9-5-8-19(25)16-20/h2-11,16-17H,12-15H2,1H3,(H,26,29). The van der Waals surface area contributed by atoms with Gasteiger partial charge in [0.1, 0.15) is 5.75 Å². The molecule has 0 atom stereocenters. The molecule has 3 aromatic carbocycles. The highest BCUT2D eigenvalue weighted by Gasteiger charge is 2.29. The van der Waals surface area contributed by atoms with Crippen molar-refractivity contribution in [2.75, 3.05) is 43.5 Å². The summed E-state index contributed by atoms with van der Waals surface area (Å²) in [4.78, 5) is 14.8. The van der Waals surface area contributed by atoms with Gasteiger partial charge in [0.2, 0.25) is 10.0 Å². The number of ether oxygens (including phenoxy) is 1. The minimum atomic E-state index is -3.75. The van der Waals surface area contributed by atoms with E-state index in [-0.39, 0.29) is 10.8 Å². The number of hydrogen-bond donors (Lipinski definition) is 1. The normalized spacial score (nSPS) is 14.7. The lowest BCUT2D eigenvalue weighted by atomic mass is 10.2. The molecule has 1 saturated heterocycles. The molecule has 1 fully saturated rings. The van der Waals surface area contributed by atoms with Gasteiger partial charge in [-0.05, 0) is 48.5 Å². The fourth-order valence-electron chi connectivity index (χ4n) is 3.74. The van der Waals surface area contributed by atoms with Crippen LogP contribution in [0.4, 0.5) is 11.4 Å². The van der Waals surface area contributed by atoms with Crippen molar-refractivity contribution in [3.63, 3.8) is 0 Å². The van der Waals surface area contributed by atoms with E-state index < -0.39 is 10.0 Å². The maximum atomic E-state index is 13.3. The highest BCUT2D eigenvalue weighted by atomic mass is 35.5. The van der Waals surface area contributed by atoms with Gasteiger partial charge in [-0.1, -0.05) is 35.9 Å². The second kappa shape index (κ2) is 9.82. The SMILES string of the molecule is COc1ccc(S(=O)(=O)N2CCN(c3cccc(Cl)c3)CC2)cc1NC(=O)c1ccccc1. The second-order valence-corrected chi connectivity index (χ2v) is 9.93. The maximum absolute atomic E-state index is 13.3. The molecule has 33 heavy (non-hydrogen) atoms. The quantitative estimate of drug-likeness (QED) is 0.568. The first-order valence-electron chi connectivity index (χ1n) is 10.4. The van der Waals surface area contributed by atoms with Crippen LogP contribution in [0.25, 0.3) is 0 Å². The number of nitrogens with zero attached hydrogens (tertiary/aromatic N) is 2. The van der Waals surface area contributed by atoms with Crippen molar-refractivity contribution in [1.29, 1.82) is 0 Å². The number of benzene rings is 3. The summed E-state index contributed by atoms with van der Waals surface area (Å²) in [5.41, 5.74) is 1.73. The van der Waals surface area contributed by atoms with Crippen LogP contribution >= 0.6 is 11.6 Å². The summed E-state index contributed by atoms with van der Waals surface area (Å²) in [5.74, 6) is 0.0302. The second-order valence-electron chi connectivity index (χ2n) is 7.55. The van der Waals surface area contributed by atoms with Crippen molar-refractivity contribution in [1.82, 2.24) is 4.31 Å². The molecule has 0 bridgehead atoms. The van der Waals surface area contributed by atoms with E-state index in [4.69, 9.17) is 16.3 Å². The van der Waals surface area contributed by atoms with Gasteiger partial charge in [0.15, 0.2) is 0 Å². The number of methoxy groups -OCH3 is 1. The number of amides is 1. The lowest BCUT2D eigenvalue weighted by Crippen LogP contribution is -2.48. The van der Waals surface area contributed by atoms with E-state index >= 15 is 0 Å². The van der Waals surface area contributed by atoms with E-state index in [0.29, 0.717) is 48.2 Å². The Morgan fingerprint density at radius 1 is 0.939 bits per heavy atom. The fraction of sp³-hybridized carbons (Fsp3) is 0.208. The number of halogens is 1. The van der Waals surface area contributed by atoms with Crippen LogP contribution in [0.2, 0.25) is 5.02 Å². The monoisotopic (exact) mass is 485 g/mol. The van der Waals surface area contributed by atoms with Gasteiger partial charge in [-0.2, -0.15) is 4.31 Å². The molecule has 1 aliphatic heterocycles. The number of carbonyl (C=O) groups is 1. The van der Waals surface area contributed by atoms with Crippen LogP contribution in [0, 0.1) is 0 Å². The van der Waals surface area contributed by atoms with Crippen molar-refractivity contribution >= 4 is 38.9 Å². The Kier molecular flexibility index (Phi) is 6.88. The van der Waals surface area contributed by atoms with Crippen LogP contribution in [0.5, 0.6) is 5.75 Å². The number of sulfonamides is 1. The third-order valence-corrected chi connectivity index (χ3v) is 7.63. The summed E-state index contributed by atoms with van der Waals surface area (Å²) < 4.78 is 33.4. The number of carbonyl (C=O) groups excluding carboxylic acids is 1. The molecule has 4 rings (SSSR count). The molecule has 0 radical (unpaired) electrons. The van der Waals surface area contributed by atoms with E-state index in [1.807, 2.05) is 30.3 Å². The number of hydrogen-bond acceptors (Lipinski definition) is 5. The highest BCUT2D eigenvalue weighted by molar-refractivity contribution is 7.89. The lowest BCUT2D eigenvalue weighted by Gasteiger charge is -2.35. The molecule has 1 aliphatic rings. The summed E-state index contributed by atoms with van der Waals surface area (Å²) in [7, 11) is -2.28. The van der Waals surface area contributed by atoms with E-state index in [9.17, 15) is 13.2 Å². The minimum absolute atomic E-state index is 0.0999. The summed E-state index contributed by atoms with van der Waals surface area (Å²) in [6.45, 7) is 1.78. The van der Waals surface area contributed by atoms with Crippen LogP contribution in [0.15, 0.2) is 77.7 Å². The zero-order valence-electron chi connectivity index (χ0n) is 18.1. The van der Waals surface area contributed by atoms with E-state index in [2.05, 4.69) is 10.2 Å². The molecule has 7 nitrogen and oxygen atoms in total.